The Morgan fingerprint density at radius 3 is 2.67 bits per heavy atom. The van der Waals surface area contributed by atoms with Crippen LogP contribution in [0.25, 0.3) is 0 Å². The molecule has 1 saturated heterocycles. The molecule has 4 amide bonds. The van der Waals surface area contributed by atoms with E-state index in [0.717, 1.165) is 10.5 Å². The highest BCUT2D eigenvalue weighted by Gasteiger charge is 2.49. The first-order valence-corrected chi connectivity index (χ1v) is 9.74. The van der Waals surface area contributed by atoms with Crippen molar-refractivity contribution in [3.63, 3.8) is 0 Å². The SMILES string of the molecule is C[C@H](CNC(=O)CN1C(=O)N[C@@](C)(c2ccc3c(c2)OCO3)C1=O)c1ccccc1. The van der Waals surface area contributed by atoms with Crippen LogP contribution in [-0.2, 0) is 15.1 Å². The number of amides is 4. The fourth-order valence-corrected chi connectivity index (χ4v) is 3.61. The Kier molecular flexibility index (Phi) is 5.07. The van der Waals surface area contributed by atoms with E-state index in [1.54, 1.807) is 25.1 Å². The third-order valence-corrected chi connectivity index (χ3v) is 5.50. The molecule has 0 bridgehead atoms. The quantitative estimate of drug-likeness (QED) is 0.713. The van der Waals surface area contributed by atoms with Gasteiger partial charge in [0.2, 0.25) is 12.7 Å². The third kappa shape index (κ3) is 3.56. The maximum absolute atomic E-state index is 13.0. The van der Waals surface area contributed by atoms with Crippen LogP contribution in [0.4, 0.5) is 4.79 Å². The highest BCUT2D eigenvalue weighted by Crippen LogP contribution is 2.37. The largest absolute Gasteiger partial charge is 0.454 e. The van der Waals surface area contributed by atoms with Crippen molar-refractivity contribution >= 4 is 17.8 Å². The molecule has 30 heavy (non-hydrogen) atoms. The van der Waals surface area contributed by atoms with Crippen LogP contribution in [0.1, 0.15) is 30.9 Å². The lowest BCUT2D eigenvalue weighted by molar-refractivity contribution is -0.134. The summed E-state index contributed by atoms with van der Waals surface area (Å²) in [5.74, 6) is 0.329. The molecule has 0 spiro atoms. The second kappa shape index (κ2) is 7.70. The van der Waals surface area contributed by atoms with Crippen molar-refractivity contribution in [2.45, 2.75) is 25.3 Å². The first-order chi connectivity index (χ1) is 14.4. The summed E-state index contributed by atoms with van der Waals surface area (Å²) in [7, 11) is 0. The Balaban J connectivity index is 1.41. The number of urea groups is 1. The average molecular weight is 409 g/mol. The molecule has 2 aliphatic rings. The van der Waals surface area contributed by atoms with Crippen LogP contribution in [-0.4, -0.2) is 42.6 Å². The van der Waals surface area contributed by atoms with Crippen LogP contribution in [0.5, 0.6) is 11.5 Å². The van der Waals surface area contributed by atoms with Crippen molar-refractivity contribution < 1.29 is 23.9 Å². The van der Waals surface area contributed by atoms with E-state index in [4.69, 9.17) is 9.47 Å². The Bertz CT molecular complexity index is 994. The van der Waals surface area contributed by atoms with Gasteiger partial charge in [0, 0.05) is 6.54 Å². The minimum absolute atomic E-state index is 0.108. The number of rotatable bonds is 6. The first kappa shape index (κ1) is 19.8. The average Bonchev–Trinajstić information content (AvgIpc) is 3.31. The number of imide groups is 1. The smallest absolute Gasteiger partial charge is 0.325 e. The lowest BCUT2D eigenvalue weighted by atomic mass is 9.91. The number of nitrogens with zero attached hydrogens (tertiary/aromatic N) is 1. The molecule has 8 nitrogen and oxygen atoms in total. The van der Waals surface area contributed by atoms with E-state index in [9.17, 15) is 14.4 Å². The summed E-state index contributed by atoms with van der Waals surface area (Å²) in [5, 5.41) is 5.50. The van der Waals surface area contributed by atoms with E-state index in [-0.39, 0.29) is 19.3 Å². The van der Waals surface area contributed by atoms with Gasteiger partial charge in [0.1, 0.15) is 12.1 Å². The van der Waals surface area contributed by atoms with Gasteiger partial charge in [-0.3, -0.25) is 14.5 Å². The van der Waals surface area contributed by atoms with Gasteiger partial charge in [-0.05, 0) is 36.1 Å². The number of hydrogen-bond donors (Lipinski definition) is 2. The monoisotopic (exact) mass is 409 g/mol. The van der Waals surface area contributed by atoms with Crippen molar-refractivity contribution in [1.29, 1.82) is 0 Å². The Morgan fingerprint density at radius 2 is 1.90 bits per heavy atom. The van der Waals surface area contributed by atoms with Gasteiger partial charge < -0.3 is 20.1 Å². The molecule has 8 heteroatoms. The number of nitrogens with one attached hydrogen (secondary N) is 2. The summed E-state index contributed by atoms with van der Waals surface area (Å²) in [6, 6.07) is 14.3. The van der Waals surface area contributed by atoms with Crippen molar-refractivity contribution in [1.82, 2.24) is 15.5 Å². The molecular weight excluding hydrogens is 386 g/mol. The molecule has 0 aliphatic carbocycles. The van der Waals surface area contributed by atoms with Crippen molar-refractivity contribution in [3.8, 4) is 11.5 Å². The summed E-state index contributed by atoms with van der Waals surface area (Å²) in [6.45, 7) is 3.79. The van der Waals surface area contributed by atoms with Crippen LogP contribution < -0.4 is 20.1 Å². The van der Waals surface area contributed by atoms with Crippen LogP contribution >= 0.6 is 0 Å². The summed E-state index contributed by atoms with van der Waals surface area (Å²) in [4.78, 5) is 38.8. The molecule has 2 aliphatic heterocycles. The number of fused-ring (bicyclic) bond motifs is 1. The van der Waals surface area contributed by atoms with Crippen LogP contribution in [0.15, 0.2) is 48.5 Å². The number of carbonyl (C=O) groups excluding carboxylic acids is 3. The number of ether oxygens (including phenoxy) is 2. The molecule has 156 valence electrons. The minimum atomic E-state index is -1.28. The van der Waals surface area contributed by atoms with Gasteiger partial charge >= 0.3 is 6.03 Å². The summed E-state index contributed by atoms with van der Waals surface area (Å²) in [6.07, 6.45) is 0. The highest BCUT2D eigenvalue weighted by atomic mass is 16.7. The predicted molar refractivity (Wildman–Crippen MR) is 108 cm³/mol. The molecule has 0 aromatic heterocycles. The number of benzene rings is 2. The topological polar surface area (TPSA) is 97.0 Å². The Morgan fingerprint density at radius 1 is 1.17 bits per heavy atom. The molecule has 2 aromatic rings. The van der Waals surface area contributed by atoms with Gasteiger partial charge in [-0.2, -0.15) is 0 Å². The Hall–Kier alpha value is -3.55. The van der Waals surface area contributed by atoms with E-state index >= 15 is 0 Å². The minimum Gasteiger partial charge on any atom is -0.454 e. The van der Waals surface area contributed by atoms with Gasteiger partial charge in [0.25, 0.3) is 5.91 Å². The molecular formula is C22H23N3O5. The van der Waals surface area contributed by atoms with Crippen LogP contribution in [0, 0.1) is 0 Å². The van der Waals surface area contributed by atoms with Crippen LogP contribution in [0.2, 0.25) is 0 Å². The molecule has 2 atom stereocenters. The standard InChI is InChI=1S/C22H23N3O5/c1-14(15-6-4-3-5-7-15)11-23-19(26)12-25-20(27)22(2,24-21(25)28)16-8-9-17-18(10-16)30-13-29-17/h3-10,14H,11-13H2,1-2H3,(H,23,26)(H,24,28)/t14-,22+/m1/s1. The molecule has 2 aromatic carbocycles. The summed E-state index contributed by atoms with van der Waals surface area (Å²) < 4.78 is 10.7. The second-order valence-electron chi connectivity index (χ2n) is 7.63. The fraction of sp³-hybridized carbons (Fsp3) is 0.318. The normalized spacial score (nSPS) is 20.8. The zero-order chi connectivity index (χ0) is 21.3. The third-order valence-electron chi connectivity index (χ3n) is 5.50. The zero-order valence-electron chi connectivity index (χ0n) is 16.8. The molecule has 4 rings (SSSR count). The van der Waals surface area contributed by atoms with Crippen molar-refractivity contribution in [3.05, 3.63) is 59.7 Å². The Labute approximate surface area is 174 Å². The van der Waals surface area contributed by atoms with E-state index in [1.165, 1.54) is 0 Å². The van der Waals surface area contributed by atoms with Crippen molar-refractivity contribution in [2.24, 2.45) is 0 Å². The number of carbonyl (C=O) groups is 3. The predicted octanol–water partition coefficient (Wildman–Crippen LogP) is 2.10. The van der Waals surface area contributed by atoms with Gasteiger partial charge in [-0.15, -0.1) is 0 Å². The van der Waals surface area contributed by atoms with E-state index in [1.807, 2.05) is 37.3 Å². The molecule has 1 fully saturated rings. The zero-order valence-corrected chi connectivity index (χ0v) is 16.8. The van der Waals surface area contributed by atoms with Gasteiger partial charge in [0.05, 0.1) is 0 Å². The van der Waals surface area contributed by atoms with E-state index in [2.05, 4.69) is 10.6 Å². The summed E-state index contributed by atoms with van der Waals surface area (Å²) in [5.41, 5.74) is 0.379. The number of hydrogen-bond acceptors (Lipinski definition) is 5. The van der Waals surface area contributed by atoms with E-state index in [0.29, 0.717) is 23.6 Å². The first-order valence-electron chi connectivity index (χ1n) is 9.74. The van der Waals surface area contributed by atoms with Crippen molar-refractivity contribution in [2.75, 3.05) is 19.9 Å². The van der Waals surface area contributed by atoms with Crippen LogP contribution in [0.3, 0.4) is 0 Å². The second-order valence-corrected chi connectivity index (χ2v) is 7.63. The fourth-order valence-electron chi connectivity index (χ4n) is 3.61. The summed E-state index contributed by atoms with van der Waals surface area (Å²) >= 11 is 0. The van der Waals surface area contributed by atoms with Gasteiger partial charge in [-0.1, -0.05) is 43.3 Å². The molecule has 2 heterocycles. The maximum atomic E-state index is 13.0. The van der Waals surface area contributed by atoms with E-state index < -0.39 is 23.4 Å². The maximum Gasteiger partial charge on any atom is 0.325 e. The molecule has 2 N–H and O–H groups in total. The lowest BCUT2D eigenvalue weighted by Gasteiger charge is -2.22. The molecule has 0 unspecified atom stereocenters. The van der Waals surface area contributed by atoms with Gasteiger partial charge in [-0.25, -0.2) is 4.79 Å². The molecule has 0 saturated carbocycles. The molecule has 0 radical (unpaired) electrons. The lowest BCUT2D eigenvalue weighted by Crippen LogP contribution is -2.43. The highest BCUT2D eigenvalue weighted by molar-refractivity contribution is 6.09. The van der Waals surface area contributed by atoms with Gasteiger partial charge in [0.15, 0.2) is 11.5 Å².